The van der Waals surface area contributed by atoms with E-state index in [4.69, 9.17) is 0 Å². The number of benzene rings is 1. The highest BCUT2D eigenvalue weighted by Gasteiger charge is 2.10. The molecule has 1 aromatic rings. The Morgan fingerprint density at radius 2 is 1.88 bits per heavy atom. The summed E-state index contributed by atoms with van der Waals surface area (Å²) in [6, 6.07) is 8.64. The van der Waals surface area contributed by atoms with Gasteiger partial charge >= 0.3 is 0 Å². The third-order valence-corrected chi connectivity index (χ3v) is 3.38. The summed E-state index contributed by atoms with van der Waals surface area (Å²) in [7, 11) is 0. The fraction of sp³-hybridized carbons (Fsp3) is 0.600. The Labute approximate surface area is 104 Å². The molecule has 1 saturated heterocycles. The van der Waals surface area contributed by atoms with E-state index < -0.39 is 0 Å². The van der Waals surface area contributed by atoms with Crippen molar-refractivity contribution in [3.63, 3.8) is 0 Å². The van der Waals surface area contributed by atoms with Crippen LogP contribution in [0.5, 0.6) is 0 Å². The van der Waals surface area contributed by atoms with Gasteiger partial charge in [-0.15, -0.1) is 0 Å². The molecule has 17 heavy (non-hydrogen) atoms. The molecule has 1 aromatic carbocycles. The van der Waals surface area contributed by atoms with E-state index in [0.29, 0.717) is 0 Å². The number of aliphatic hydroxyl groups is 1. The first kappa shape index (κ1) is 12.6. The Hall–Kier alpha value is -0.860. The topological polar surface area (TPSA) is 23.5 Å². The average Bonchev–Trinajstić information content (AvgIpc) is 2.30. The van der Waals surface area contributed by atoms with E-state index in [-0.39, 0.29) is 6.10 Å². The van der Waals surface area contributed by atoms with Crippen molar-refractivity contribution in [2.24, 2.45) is 0 Å². The zero-order valence-electron chi connectivity index (χ0n) is 10.7. The van der Waals surface area contributed by atoms with E-state index in [9.17, 15) is 5.11 Å². The van der Waals surface area contributed by atoms with Crippen molar-refractivity contribution < 1.29 is 5.11 Å². The molecule has 0 radical (unpaired) electrons. The molecule has 0 bridgehead atoms. The van der Waals surface area contributed by atoms with Gasteiger partial charge in [-0.3, -0.25) is 4.90 Å². The van der Waals surface area contributed by atoms with Crippen molar-refractivity contribution in [2.45, 2.75) is 45.3 Å². The molecule has 1 atom stereocenters. The van der Waals surface area contributed by atoms with Gasteiger partial charge in [-0.25, -0.2) is 0 Å². The summed E-state index contributed by atoms with van der Waals surface area (Å²) in [5.41, 5.74) is 2.62. The molecule has 2 nitrogen and oxygen atoms in total. The van der Waals surface area contributed by atoms with Crippen molar-refractivity contribution in [1.82, 2.24) is 4.90 Å². The summed E-state index contributed by atoms with van der Waals surface area (Å²) in [5, 5.41) is 9.41. The molecule has 0 aromatic heterocycles. The molecule has 0 saturated carbocycles. The van der Waals surface area contributed by atoms with Crippen LogP contribution in [0.2, 0.25) is 0 Å². The number of aliphatic hydroxyl groups excluding tert-OH is 1. The van der Waals surface area contributed by atoms with Crippen LogP contribution in [-0.4, -0.2) is 29.2 Å². The lowest BCUT2D eigenvalue weighted by Gasteiger charge is -2.26. The number of likely N-dealkylation sites (tertiary alicyclic amines) is 1. The predicted molar refractivity (Wildman–Crippen MR) is 71.0 cm³/mol. The third-order valence-electron chi connectivity index (χ3n) is 3.38. The van der Waals surface area contributed by atoms with Gasteiger partial charge in [0.2, 0.25) is 0 Å². The van der Waals surface area contributed by atoms with Gasteiger partial charge in [0, 0.05) is 6.54 Å². The normalized spacial score (nSPS) is 19.2. The number of nitrogens with zero attached hydrogens (tertiary/aromatic N) is 1. The molecule has 1 fully saturated rings. The molecule has 0 spiro atoms. The molecular formula is C15H23NO. The van der Waals surface area contributed by atoms with Crippen LogP contribution in [0, 0.1) is 0 Å². The summed E-state index contributed by atoms with van der Waals surface area (Å²) in [6.45, 7) is 5.38. The lowest BCUT2D eigenvalue weighted by Crippen LogP contribution is -2.29. The van der Waals surface area contributed by atoms with Crippen LogP contribution in [0.1, 0.15) is 37.3 Å². The van der Waals surface area contributed by atoms with Gasteiger partial charge in [0.1, 0.15) is 0 Å². The van der Waals surface area contributed by atoms with E-state index in [0.717, 1.165) is 13.0 Å². The largest absolute Gasteiger partial charge is 0.393 e. The predicted octanol–water partition coefficient (Wildman–Crippen LogP) is 2.60. The third kappa shape index (κ3) is 4.14. The molecular weight excluding hydrogens is 210 g/mol. The second-order valence-corrected chi connectivity index (χ2v) is 5.21. The van der Waals surface area contributed by atoms with E-state index in [1.165, 1.54) is 43.5 Å². The molecule has 1 aliphatic rings. The molecule has 0 amide bonds. The van der Waals surface area contributed by atoms with Crippen LogP contribution in [0.15, 0.2) is 24.3 Å². The Morgan fingerprint density at radius 1 is 1.18 bits per heavy atom. The number of piperidine rings is 1. The highest BCUT2D eigenvalue weighted by atomic mass is 16.3. The average molecular weight is 233 g/mol. The summed E-state index contributed by atoms with van der Waals surface area (Å²) in [4.78, 5) is 2.53. The Kier molecular flexibility index (Phi) is 4.57. The first-order chi connectivity index (χ1) is 8.24. The van der Waals surface area contributed by atoms with Gasteiger partial charge in [-0.1, -0.05) is 30.7 Å². The lowest BCUT2D eigenvalue weighted by atomic mass is 10.0. The Morgan fingerprint density at radius 3 is 2.59 bits per heavy atom. The second-order valence-electron chi connectivity index (χ2n) is 5.21. The minimum absolute atomic E-state index is 0.250. The van der Waals surface area contributed by atoms with Gasteiger partial charge in [0.15, 0.2) is 0 Å². The first-order valence-electron chi connectivity index (χ1n) is 6.72. The monoisotopic (exact) mass is 233 g/mol. The maximum atomic E-state index is 9.41. The van der Waals surface area contributed by atoms with E-state index in [2.05, 4.69) is 29.2 Å². The highest BCUT2D eigenvalue weighted by Crippen LogP contribution is 2.14. The zero-order chi connectivity index (χ0) is 12.1. The van der Waals surface area contributed by atoms with Gasteiger partial charge in [-0.05, 0) is 50.4 Å². The van der Waals surface area contributed by atoms with Gasteiger partial charge in [0.25, 0.3) is 0 Å². The molecule has 1 heterocycles. The number of rotatable bonds is 4. The van der Waals surface area contributed by atoms with Crippen LogP contribution in [-0.2, 0) is 13.0 Å². The van der Waals surface area contributed by atoms with Crippen molar-refractivity contribution in [3.8, 4) is 0 Å². The van der Waals surface area contributed by atoms with Gasteiger partial charge < -0.3 is 5.11 Å². The van der Waals surface area contributed by atoms with Crippen LogP contribution in [0.4, 0.5) is 0 Å². The molecule has 1 N–H and O–H groups in total. The molecule has 0 aliphatic carbocycles. The standard InChI is InChI=1S/C15H23NO/c1-13(17)10-14-6-5-7-15(11-14)12-16-8-3-2-4-9-16/h5-7,11,13,17H,2-4,8-10,12H2,1H3. The van der Waals surface area contributed by atoms with Crippen LogP contribution in [0.3, 0.4) is 0 Å². The van der Waals surface area contributed by atoms with Crippen LogP contribution >= 0.6 is 0 Å². The van der Waals surface area contributed by atoms with E-state index in [1.807, 2.05) is 6.92 Å². The lowest BCUT2D eigenvalue weighted by molar-refractivity contribution is 0.195. The number of hydrogen-bond donors (Lipinski definition) is 1. The highest BCUT2D eigenvalue weighted by molar-refractivity contribution is 5.24. The minimum atomic E-state index is -0.250. The maximum absolute atomic E-state index is 9.41. The van der Waals surface area contributed by atoms with Crippen LogP contribution < -0.4 is 0 Å². The SMILES string of the molecule is CC(O)Cc1cccc(CN2CCCCC2)c1. The fourth-order valence-corrected chi connectivity index (χ4v) is 2.57. The van der Waals surface area contributed by atoms with E-state index >= 15 is 0 Å². The van der Waals surface area contributed by atoms with Gasteiger partial charge in [-0.2, -0.15) is 0 Å². The molecule has 2 rings (SSSR count). The van der Waals surface area contributed by atoms with Crippen molar-refractivity contribution in [2.75, 3.05) is 13.1 Å². The first-order valence-corrected chi connectivity index (χ1v) is 6.72. The van der Waals surface area contributed by atoms with Gasteiger partial charge in [0.05, 0.1) is 6.10 Å². The molecule has 2 heteroatoms. The quantitative estimate of drug-likeness (QED) is 0.864. The summed E-state index contributed by atoms with van der Waals surface area (Å²) in [6.07, 6.45) is 4.58. The van der Waals surface area contributed by atoms with E-state index in [1.54, 1.807) is 0 Å². The molecule has 94 valence electrons. The fourth-order valence-electron chi connectivity index (χ4n) is 2.57. The summed E-state index contributed by atoms with van der Waals surface area (Å²) >= 11 is 0. The van der Waals surface area contributed by atoms with Crippen molar-refractivity contribution >= 4 is 0 Å². The zero-order valence-corrected chi connectivity index (χ0v) is 10.7. The second kappa shape index (κ2) is 6.18. The van der Waals surface area contributed by atoms with Crippen LogP contribution in [0.25, 0.3) is 0 Å². The minimum Gasteiger partial charge on any atom is -0.393 e. The molecule has 1 unspecified atom stereocenters. The summed E-state index contributed by atoms with van der Waals surface area (Å²) in [5.74, 6) is 0. The smallest absolute Gasteiger partial charge is 0.0552 e. The Bertz CT molecular complexity index is 343. The Balaban J connectivity index is 1.95. The number of hydrogen-bond acceptors (Lipinski definition) is 2. The molecule has 1 aliphatic heterocycles. The summed E-state index contributed by atoms with van der Waals surface area (Å²) < 4.78 is 0. The van der Waals surface area contributed by atoms with Crippen molar-refractivity contribution in [1.29, 1.82) is 0 Å². The van der Waals surface area contributed by atoms with Crippen molar-refractivity contribution in [3.05, 3.63) is 35.4 Å². The maximum Gasteiger partial charge on any atom is 0.0552 e.